The Morgan fingerprint density at radius 2 is 2.04 bits per heavy atom. The molecule has 0 unspecified atom stereocenters. The molecule has 6 nitrogen and oxygen atoms in total. The molecule has 6 heteroatoms. The maximum Gasteiger partial charge on any atom is 0.265 e. The first-order valence-corrected chi connectivity index (χ1v) is 8.35. The Morgan fingerprint density at radius 3 is 2.72 bits per heavy atom. The lowest BCUT2D eigenvalue weighted by molar-refractivity contribution is -0.122. The van der Waals surface area contributed by atoms with Crippen molar-refractivity contribution in [2.24, 2.45) is 0 Å². The molecule has 1 aliphatic heterocycles. The molecule has 2 heterocycles. The standard InChI is InChI=1S/C19H20N4O2/c1-14(25-17-7-3-2-6-15(17)12-20)19(24)22-16-8-9-18(21-13-16)23-10-4-5-11-23/h2-3,6-9,13-14H,4-5,10-11H2,1H3,(H,22,24)/t14-/m0/s1. The van der Waals surface area contributed by atoms with Gasteiger partial charge in [-0.05, 0) is 44.0 Å². The molecule has 0 radical (unpaired) electrons. The Hall–Kier alpha value is -3.07. The number of rotatable bonds is 5. The van der Waals surface area contributed by atoms with Crippen LogP contribution in [0.1, 0.15) is 25.3 Å². The molecular formula is C19H20N4O2. The molecule has 1 aliphatic rings. The molecular weight excluding hydrogens is 316 g/mol. The van der Waals surface area contributed by atoms with Crippen LogP contribution in [-0.2, 0) is 4.79 Å². The van der Waals surface area contributed by atoms with Crippen molar-refractivity contribution < 1.29 is 9.53 Å². The minimum Gasteiger partial charge on any atom is -0.480 e. The Labute approximate surface area is 147 Å². The zero-order chi connectivity index (χ0) is 17.6. The predicted molar refractivity (Wildman–Crippen MR) is 95.6 cm³/mol. The number of nitrogens with zero attached hydrogens (tertiary/aromatic N) is 3. The summed E-state index contributed by atoms with van der Waals surface area (Å²) in [6, 6.07) is 12.7. The fourth-order valence-electron chi connectivity index (χ4n) is 2.74. The van der Waals surface area contributed by atoms with Crippen molar-refractivity contribution in [3.63, 3.8) is 0 Å². The van der Waals surface area contributed by atoms with Gasteiger partial charge in [-0.3, -0.25) is 4.79 Å². The first kappa shape index (κ1) is 16.8. The number of ether oxygens (including phenoxy) is 1. The average molecular weight is 336 g/mol. The van der Waals surface area contributed by atoms with Gasteiger partial charge in [0.25, 0.3) is 5.91 Å². The van der Waals surface area contributed by atoms with Crippen LogP contribution in [0.5, 0.6) is 5.75 Å². The largest absolute Gasteiger partial charge is 0.480 e. The first-order chi connectivity index (χ1) is 12.2. The van der Waals surface area contributed by atoms with E-state index in [0.29, 0.717) is 17.0 Å². The van der Waals surface area contributed by atoms with Crippen molar-refractivity contribution in [2.75, 3.05) is 23.3 Å². The number of anilines is 2. The molecule has 1 aromatic carbocycles. The molecule has 0 saturated carbocycles. The number of aromatic nitrogens is 1. The van der Waals surface area contributed by atoms with Crippen LogP contribution in [-0.4, -0.2) is 30.1 Å². The van der Waals surface area contributed by atoms with Crippen molar-refractivity contribution in [2.45, 2.75) is 25.9 Å². The van der Waals surface area contributed by atoms with Crippen LogP contribution in [0.25, 0.3) is 0 Å². The molecule has 1 aromatic heterocycles. The molecule has 0 spiro atoms. The molecule has 2 aromatic rings. The number of hydrogen-bond donors (Lipinski definition) is 1. The molecule has 0 aliphatic carbocycles. The van der Waals surface area contributed by atoms with E-state index in [1.807, 2.05) is 12.1 Å². The second-order valence-corrected chi connectivity index (χ2v) is 5.96. The molecule has 128 valence electrons. The lowest BCUT2D eigenvalue weighted by Crippen LogP contribution is -2.30. The molecule has 1 amide bonds. The van der Waals surface area contributed by atoms with E-state index in [1.54, 1.807) is 37.4 Å². The molecule has 1 fully saturated rings. The van der Waals surface area contributed by atoms with Crippen LogP contribution in [0, 0.1) is 11.3 Å². The third-order valence-electron chi connectivity index (χ3n) is 4.13. The number of hydrogen-bond acceptors (Lipinski definition) is 5. The lowest BCUT2D eigenvalue weighted by Gasteiger charge is -2.17. The van der Waals surface area contributed by atoms with E-state index in [4.69, 9.17) is 10.00 Å². The van der Waals surface area contributed by atoms with Gasteiger partial charge in [0.1, 0.15) is 17.6 Å². The van der Waals surface area contributed by atoms with Gasteiger partial charge in [0.05, 0.1) is 17.4 Å². The smallest absolute Gasteiger partial charge is 0.265 e. The lowest BCUT2D eigenvalue weighted by atomic mass is 10.2. The molecule has 25 heavy (non-hydrogen) atoms. The van der Waals surface area contributed by atoms with E-state index in [2.05, 4.69) is 21.3 Å². The predicted octanol–water partition coefficient (Wildman–Crippen LogP) is 2.96. The van der Waals surface area contributed by atoms with Gasteiger partial charge in [0.2, 0.25) is 0 Å². The normalized spacial score (nSPS) is 14.6. The summed E-state index contributed by atoms with van der Waals surface area (Å²) >= 11 is 0. The van der Waals surface area contributed by atoms with Crippen LogP contribution >= 0.6 is 0 Å². The number of amides is 1. The summed E-state index contributed by atoms with van der Waals surface area (Å²) in [5, 5.41) is 11.9. The monoisotopic (exact) mass is 336 g/mol. The zero-order valence-electron chi connectivity index (χ0n) is 14.1. The number of nitrogens with one attached hydrogen (secondary N) is 1. The molecule has 1 saturated heterocycles. The molecule has 1 N–H and O–H groups in total. The topological polar surface area (TPSA) is 78.2 Å². The first-order valence-electron chi connectivity index (χ1n) is 8.35. The highest BCUT2D eigenvalue weighted by Gasteiger charge is 2.17. The van der Waals surface area contributed by atoms with E-state index >= 15 is 0 Å². The number of carbonyl (C=O) groups excluding carboxylic acids is 1. The minimum atomic E-state index is -0.729. The second kappa shape index (κ2) is 7.67. The van der Waals surface area contributed by atoms with Gasteiger partial charge in [-0.1, -0.05) is 12.1 Å². The van der Waals surface area contributed by atoms with Crippen LogP contribution in [0.3, 0.4) is 0 Å². The highest BCUT2D eigenvalue weighted by atomic mass is 16.5. The fourth-order valence-corrected chi connectivity index (χ4v) is 2.74. The summed E-state index contributed by atoms with van der Waals surface area (Å²) < 4.78 is 5.61. The van der Waals surface area contributed by atoms with Crippen molar-refractivity contribution in [1.29, 1.82) is 5.26 Å². The van der Waals surface area contributed by atoms with Crippen LogP contribution in [0.2, 0.25) is 0 Å². The van der Waals surface area contributed by atoms with E-state index in [0.717, 1.165) is 18.9 Å². The quantitative estimate of drug-likeness (QED) is 0.908. The van der Waals surface area contributed by atoms with Gasteiger partial charge >= 0.3 is 0 Å². The Balaban J connectivity index is 1.60. The highest BCUT2D eigenvalue weighted by molar-refractivity contribution is 5.94. The number of benzene rings is 1. The van der Waals surface area contributed by atoms with Crippen LogP contribution in [0.15, 0.2) is 42.6 Å². The molecule has 3 rings (SSSR count). The summed E-state index contributed by atoms with van der Waals surface area (Å²) in [6.07, 6.45) is 3.31. The van der Waals surface area contributed by atoms with Crippen LogP contribution < -0.4 is 15.0 Å². The van der Waals surface area contributed by atoms with E-state index in [9.17, 15) is 4.79 Å². The van der Waals surface area contributed by atoms with Gasteiger partial charge in [0, 0.05) is 13.1 Å². The van der Waals surface area contributed by atoms with Crippen molar-refractivity contribution in [1.82, 2.24) is 4.98 Å². The summed E-state index contributed by atoms with van der Waals surface area (Å²) in [6.45, 7) is 3.71. The summed E-state index contributed by atoms with van der Waals surface area (Å²) in [5.74, 6) is 1.04. The van der Waals surface area contributed by atoms with Gasteiger partial charge in [0.15, 0.2) is 6.10 Å². The van der Waals surface area contributed by atoms with Crippen molar-refractivity contribution in [3.8, 4) is 11.8 Å². The average Bonchev–Trinajstić information content (AvgIpc) is 3.17. The zero-order valence-corrected chi connectivity index (χ0v) is 14.1. The number of para-hydroxylation sites is 1. The Kier molecular flexibility index (Phi) is 5.14. The van der Waals surface area contributed by atoms with E-state index in [1.165, 1.54) is 12.8 Å². The number of nitriles is 1. The third-order valence-corrected chi connectivity index (χ3v) is 4.13. The van der Waals surface area contributed by atoms with Crippen molar-refractivity contribution in [3.05, 3.63) is 48.2 Å². The minimum absolute atomic E-state index is 0.288. The van der Waals surface area contributed by atoms with Gasteiger partial charge in [-0.15, -0.1) is 0 Å². The third kappa shape index (κ3) is 4.07. The molecule has 0 bridgehead atoms. The SMILES string of the molecule is C[C@H](Oc1ccccc1C#N)C(=O)Nc1ccc(N2CCCC2)nc1. The van der Waals surface area contributed by atoms with Gasteiger partial charge in [-0.2, -0.15) is 5.26 Å². The fraction of sp³-hybridized carbons (Fsp3) is 0.316. The summed E-state index contributed by atoms with van der Waals surface area (Å²) in [4.78, 5) is 18.9. The maximum absolute atomic E-state index is 12.3. The molecule has 1 atom stereocenters. The van der Waals surface area contributed by atoms with E-state index in [-0.39, 0.29) is 5.91 Å². The number of carbonyl (C=O) groups is 1. The van der Waals surface area contributed by atoms with Crippen LogP contribution in [0.4, 0.5) is 11.5 Å². The highest BCUT2D eigenvalue weighted by Crippen LogP contribution is 2.20. The maximum atomic E-state index is 12.3. The summed E-state index contributed by atoms with van der Waals surface area (Å²) in [5.41, 5.74) is 1.02. The number of pyridine rings is 1. The van der Waals surface area contributed by atoms with Gasteiger partial charge < -0.3 is 15.0 Å². The second-order valence-electron chi connectivity index (χ2n) is 5.96. The van der Waals surface area contributed by atoms with Gasteiger partial charge in [-0.25, -0.2) is 4.98 Å². The van der Waals surface area contributed by atoms with Crippen molar-refractivity contribution >= 4 is 17.4 Å². The van der Waals surface area contributed by atoms with E-state index < -0.39 is 6.10 Å². The Morgan fingerprint density at radius 1 is 1.28 bits per heavy atom. The Bertz CT molecular complexity index is 777. The summed E-state index contributed by atoms with van der Waals surface area (Å²) in [7, 11) is 0.